The first kappa shape index (κ1) is 19.5. The quantitative estimate of drug-likeness (QED) is 0.626. The van der Waals surface area contributed by atoms with Gasteiger partial charge in [-0.1, -0.05) is 11.6 Å². The highest BCUT2D eigenvalue weighted by Crippen LogP contribution is 2.23. The van der Waals surface area contributed by atoms with Crippen LogP contribution in [-0.4, -0.2) is 21.7 Å². The number of benzene rings is 1. The van der Waals surface area contributed by atoms with Crippen LogP contribution in [0.4, 0.5) is 0 Å². The number of amides is 1. The number of aromatic nitrogens is 2. The number of carbonyl (C=O) groups excluding carboxylic acids is 1. The number of hydrogen-bond acceptors (Lipinski definition) is 4. The average Bonchev–Trinajstić information content (AvgIpc) is 3.25. The van der Waals surface area contributed by atoms with Gasteiger partial charge in [0.25, 0.3) is 5.91 Å². The lowest BCUT2D eigenvalue weighted by atomic mass is 10.2. The van der Waals surface area contributed by atoms with E-state index in [-0.39, 0.29) is 11.9 Å². The summed E-state index contributed by atoms with van der Waals surface area (Å²) in [6.45, 7) is 6.90. The molecule has 3 rings (SSSR count). The van der Waals surface area contributed by atoms with Gasteiger partial charge >= 0.3 is 0 Å². The van der Waals surface area contributed by atoms with E-state index in [1.165, 1.54) is 11.3 Å². The molecule has 0 radical (unpaired) electrons. The van der Waals surface area contributed by atoms with E-state index >= 15 is 0 Å². The van der Waals surface area contributed by atoms with Gasteiger partial charge in [0.2, 0.25) is 0 Å². The van der Waals surface area contributed by atoms with Crippen molar-refractivity contribution < 1.29 is 9.53 Å². The van der Waals surface area contributed by atoms with E-state index in [9.17, 15) is 4.79 Å². The molecular formula is C20H22ClN3O2S. The van der Waals surface area contributed by atoms with Crippen molar-refractivity contribution in [2.45, 2.75) is 40.0 Å². The van der Waals surface area contributed by atoms with Crippen molar-refractivity contribution in [1.29, 1.82) is 0 Å². The maximum Gasteiger partial charge on any atom is 0.261 e. The lowest BCUT2D eigenvalue weighted by Crippen LogP contribution is -2.35. The zero-order valence-electron chi connectivity index (χ0n) is 15.5. The highest BCUT2D eigenvalue weighted by molar-refractivity contribution is 7.12. The summed E-state index contributed by atoms with van der Waals surface area (Å²) in [5, 5.41) is 10.0. The van der Waals surface area contributed by atoms with Crippen molar-refractivity contribution >= 4 is 28.8 Å². The van der Waals surface area contributed by atoms with Crippen LogP contribution < -0.4 is 10.1 Å². The molecule has 0 aliphatic rings. The van der Waals surface area contributed by atoms with Crippen LogP contribution in [0.15, 0.2) is 41.9 Å². The summed E-state index contributed by atoms with van der Waals surface area (Å²) < 4.78 is 7.62. The van der Waals surface area contributed by atoms with E-state index in [2.05, 4.69) is 10.4 Å². The Hall–Kier alpha value is -2.31. The van der Waals surface area contributed by atoms with Crippen LogP contribution in [0, 0.1) is 13.8 Å². The van der Waals surface area contributed by atoms with Gasteiger partial charge in [-0.3, -0.25) is 9.48 Å². The van der Waals surface area contributed by atoms with E-state index in [0.29, 0.717) is 18.0 Å². The molecule has 0 spiro atoms. The van der Waals surface area contributed by atoms with Gasteiger partial charge < -0.3 is 10.1 Å². The summed E-state index contributed by atoms with van der Waals surface area (Å²) in [4.78, 5) is 13.1. The Morgan fingerprint density at radius 2 is 2.15 bits per heavy atom. The van der Waals surface area contributed by atoms with Crippen LogP contribution >= 0.6 is 22.9 Å². The third kappa shape index (κ3) is 5.34. The van der Waals surface area contributed by atoms with Crippen molar-refractivity contribution in [3.05, 3.63) is 68.6 Å². The van der Waals surface area contributed by atoms with Crippen LogP contribution in [-0.2, 0) is 13.2 Å². The third-order valence-electron chi connectivity index (χ3n) is 4.02. The molecule has 142 valence electrons. The maximum absolute atomic E-state index is 12.4. The zero-order chi connectivity index (χ0) is 19.4. The van der Waals surface area contributed by atoms with Gasteiger partial charge in [-0.25, -0.2) is 0 Å². The van der Waals surface area contributed by atoms with Crippen molar-refractivity contribution in [1.82, 2.24) is 15.1 Å². The second kappa shape index (κ2) is 8.59. The summed E-state index contributed by atoms with van der Waals surface area (Å²) in [5.74, 6) is 0.683. The summed E-state index contributed by atoms with van der Waals surface area (Å²) in [7, 11) is 0. The predicted octanol–water partition coefficient (Wildman–Crippen LogP) is 4.61. The molecule has 1 aromatic carbocycles. The fraction of sp³-hybridized carbons (Fsp3) is 0.300. The van der Waals surface area contributed by atoms with Crippen molar-refractivity contribution in [2.24, 2.45) is 0 Å². The maximum atomic E-state index is 12.4. The van der Waals surface area contributed by atoms with Gasteiger partial charge in [0.15, 0.2) is 0 Å². The number of rotatable bonds is 7. The topological polar surface area (TPSA) is 56.2 Å². The van der Waals surface area contributed by atoms with Crippen molar-refractivity contribution in [3.8, 4) is 5.75 Å². The molecular weight excluding hydrogens is 382 g/mol. The first-order chi connectivity index (χ1) is 12.9. The Balaban J connectivity index is 1.53. The molecule has 0 saturated carbocycles. The van der Waals surface area contributed by atoms with Gasteiger partial charge in [-0.05, 0) is 62.0 Å². The molecule has 0 aliphatic carbocycles. The fourth-order valence-electron chi connectivity index (χ4n) is 2.63. The predicted molar refractivity (Wildman–Crippen MR) is 109 cm³/mol. The van der Waals surface area contributed by atoms with Gasteiger partial charge in [0, 0.05) is 22.8 Å². The Morgan fingerprint density at radius 3 is 2.85 bits per heavy atom. The van der Waals surface area contributed by atoms with Crippen LogP contribution in [0.25, 0.3) is 0 Å². The summed E-state index contributed by atoms with van der Waals surface area (Å²) >= 11 is 7.44. The Labute approximate surface area is 167 Å². The number of aryl methyl sites for hydroxylation is 2. The summed E-state index contributed by atoms with van der Waals surface area (Å²) in [6.07, 6.45) is 1.91. The van der Waals surface area contributed by atoms with E-state index in [0.717, 1.165) is 27.6 Å². The van der Waals surface area contributed by atoms with Gasteiger partial charge in [-0.2, -0.15) is 5.10 Å². The number of ether oxygens (including phenoxy) is 1. The summed E-state index contributed by atoms with van der Waals surface area (Å²) in [5.41, 5.74) is 2.90. The van der Waals surface area contributed by atoms with Crippen LogP contribution in [0.5, 0.6) is 5.75 Å². The molecule has 1 unspecified atom stereocenters. The van der Waals surface area contributed by atoms with Crippen LogP contribution in [0.1, 0.15) is 33.4 Å². The first-order valence-electron chi connectivity index (χ1n) is 8.68. The molecule has 1 atom stereocenters. The lowest BCUT2D eigenvalue weighted by Gasteiger charge is -2.13. The molecule has 27 heavy (non-hydrogen) atoms. The standard InChI is InChI=1S/C20H22ClN3O2S/c1-13-8-17(4-5-18(13)21)26-11-16-9-19(27-12-16)20(25)22-15(3)10-24-7-6-14(2)23-24/h4-9,12,15H,10-11H2,1-3H3,(H,22,25). The second-order valence-electron chi connectivity index (χ2n) is 6.57. The van der Waals surface area contributed by atoms with Gasteiger partial charge in [-0.15, -0.1) is 11.3 Å². The molecule has 7 heteroatoms. The number of thiophene rings is 1. The van der Waals surface area contributed by atoms with Crippen LogP contribution in [0.2, 0.25) is 5.02 Å². The second-order valence-corrected chi connectivity index (χ2v) is 7.89. The SMILES string of the molecule is Cc1ccn(CC(C)NC(=O)c2cc(COc3ccc(Cl)c(C)c3)cs2)n1. The minimum absolute atomic E-state index is 0.0179. The normalized spacial score (nSPS) is 12.0. The molecule has 3 aromatic rings. The monoisotopic (exact) mass is 403 g/mol. The number of carbonyl (C=O) groups is 1. The summed E-state index contributed by atoms with van der Waals surface area (Å²) in [6, 6.07) is 9.36. The molecule has 0 saturated heterocycles. The van der Waals surface area contributed by atoms with E-state index in [1.807, 2.05) is 67.4 Å². The zero-order valence-corrected chi connectivity index (χ0v) is 17.1. The molecule has 5 nitrogen and oxygen atoms in total. The molecule has 1 N–H and O–H groups in total. The Morgan fingerprint density at radius 1 is 1.33 bits per heavy atom. The molecule has 0 aliphatic heterocycles. The smallest absolute Gasteiger partial charge is 0.261 e. The molecule has 0 bridgehead atoms. The largest absolute Gasteiger partial charge is 0.489 e. The minimum Gasteiger partial charge on any atom is -0.489 e. The van der Waals surface area contributed by atoms with Gasteiger partial charge in [0.1, 0.15) is 12.4 Å². The van der Waals surface area contributed by atoms with E-state index in [4.69, 9.17) is 16.3 Å². The first-order valence-corrected chi connectivity index (χ1v) is 9.94. The number of hydrogen-bond donors (Lipinski definition) is 1. The van der Waals surface area contributed by atoms with E-state index in [1.54, 1.807) is 0 Å². The Kier molecular flexibility index (Phi) is 6.19. The lowest BCUT2D eigenvalue weighted by molar-refractivity contribution is 0.0940. The highest BCUT2D eigenvalue weighted by atomic mass is 35.5. The van der Waals surface area contributed by atoms with Gasteiger partial charge in [0.05, 0.1) is 17.1 Å². The molecule has 0 fully saturated rings. The molecule has 1 amide bonds. The Bertz CT molecular complexity index is 935. The minimum atomic E-state index is -0.0787. The molecule has 2 heterocycles. The third-order valence-corrected chi connectivity index (χ3v) is 5.43. The van der Waals surface area contributed by atoms with Crippen molar-refractivity contribution in [2.75, 3.05) is 0 Å². The molecule has 2 aromatic heterocycles. The number of nitrogens with one attached hydrogen (secondary N) is 1. The van der Waals surface area contributed by atoms with Crippen molar-refractivity contribution in [3.63, 3.8) is 0 Å². The average molecular weight is 404 g/mol. The number of nitrogens with zero attached hydrogens (tertiary/aromatic N) is 2. The number of halogens is 1. The fourth-order valence-corrected chi connectivity index (χ4v) is 3.55. The highest BCUT2D eigenvalue weighted by Gasteiger charge is 2.13. The van der Waals surface area contributed by atoms with E-state index < -0.39 is 0 Å². The van der Waals surface area contributed by atoms with Crippen LogP contribution in [0.3, 0.4) is 0 Å².